The first-order chi connectivity index (χ1) is 10.7. The number of aliphatic carboxylic acids is 1. The second-order valence-corrected chi connectivity index (χ2v) is 5.93. The van der Waals surface area contributed by atoms with Crippen molar-refractivity contribution in [2.45, 2.75) is 38.5 Å². The van der Waals surface area contributed by atoms with Gasteiger partial charge in [-0.2, -0.15) is 5.10 Å². The highest BCUT2D eigenvalue weighted by Crippen LogP contribution is 2.39. The molecule has 0 spiro atoms. The number of nitrogens with one attached hydrogen (secondary N) is 2. The van der Waals surface area contributed by atoms with Crippen LogP contribution in [0.3, 0.4) is 0 Å². The van der Waals surface area contributed by atoms with Crippen LogP contribution in [0.15, 0.2) is 30.5 Å². The average Bonchev–Trinajstić information content (AvgIpc) is 3.01. The van der Waals surface area contributed by atoms with E-state index in [4.69, 9.17) is 0 Å². The first kappa shape index (κ1) is 14.6. The molecule has 116 valence electrons. The van der Waals surface area contributed by atoms with Gasteiger partial charge in [0.05, 0.1) is 11.6 Å². The van der Waals surface area contributed by atoms with Gasteiger partial charge in [-0.25, -0.2) is 4.98 Å². The van der Waals surface area contributed by atoms with E-state index in [1.54, 1.807) is 6.20 Å². The predicted molar refractivity (Wildman–Crippen MR) is 83.0 cm³/mol. The van der Waals surface area contributed by atoms with Crippen LogP contribution in [0.2, 0.25) is 0 Å². The first-order valence-electron chi connectivity index (χ1n) is 7.64. The molecule has 0 bridgehead atoms. The number of aromatic nitrogens is 3. The summed E-state index contributed by atoms with van der Waals surface area (Å²) in [6.45, 7) is 0. The number of nitrogens with zero attached hydrogens (tertiary/aromatic N) is 2. The first-order valence-corrected chi connectivity index (χ1v) is 7.64. The Bertz CT molecular complexity index is 633. The number of hydrogen-bond donors (Lipinski definition) is 3. The Morgan fingerprint density at radius 1 is 1.27 bits per heavy atom. The second kappa shape index (κ2) is 6.17. The van der Waals surface area contributed by atoms with Gasteiger partial charge < -0.3 is 10.4 Å². The molecule has 0 amide bonds. The minimum absolute atomic E-state index is 0.487. The number of carboxylic acids is 1. The summed E-state index contributed by atoms with van der Waals surface area (Å²) in [5.41, 5.74) is 0.159. The fourth-order valence-corrected chi connectivity index (χ4v) is 3.15. The summed E-state index contributed by atoms with van der Waals surface area (Å²) in [6.07, 6.45) is 6.72. The Morgan fingerprint density at radius 2 is 2.09 bits per heavy atom. The maximum atomic E-state index is 11.8. The van der Waals surface area contributed by atoms with Crippen LogP contribution in [0.4, 0.5) is 11.6 Å². The van der Waals surface area contributed by atoms with E-state index in [0.717, 1.165) is 43.6 Å². The predicted octanol–water partition coefficient (Wildman–Crippen LogP) is 3.13. The molecule has 6 nitrogen and oxygen atoms in total. The number of aromatic amines is 1. The Morgan fingerprint density at radius 3 is 2.77 bits per heavy atom. The van der Waals surface area contributed by atoms with E-state index in [9.17, 15) is 9.90 Å². The molecule has 1 fully saturated rings. The summed E-state index contributed by atoms with van der Waals surface area (Å²) < 4.78 is 0. The summed E-state index contributed by atoms with van der Waals surface area (Å²) in [4.78, 5) is 16.3. The van der Waals surface area contributed by atoms with Crippen molar-refractivity contribution in [3.63, 3.8) is 0 Å². The molecule has 0 aliphatic heterocycles. The standard InChI is InChI=1S/C16H20N4O2/c21-15(22)16(8-2-1-3-9-16)11-12-5-4-6-13(18-12)19-14-7-10-17-20-14/h4-7,10H,1-3,8-9,11H2,(H,21,22)(H2,17,18,19,20). The molecule has 1 saturated carbocycles. The van der Waals surface area contributed by atoms with Gasteiger partial charge in [-0.05, 0) is 25.0 Å². The molecule has 1 aliphatic carbocycles. The summed E-state index contributed by atoms with van der Waals surface area (Å²) in [5, 5.41) is 19.5. The minimum Gasteiger partial charge on any atom is -0.481 e. The van der Waals surface area contributed by atoms with Crippen molar-refractivity contribution < 1.29 is 9.90 Å². The van der Waals surface area contributed by atoms with E-state index in [1.807, 2.05) is 24.3 Å². The zero-order valence-corrected chi connectivity index (χ0v) is 12.4. The van der Waals surface area contributed by atoms with Crippen molar-refractivity contribution in [3.8, 4) is 0 Å². The van der Waals surface area contributed by atoms with Gasteiger partial charge in [0.15, 0.2) is 0 Å². The van der Waals surface area contributed by atoms with Crippen LogP contribution >= 0.6 is 0 Å². The molecule has 0 atom stereocenters. The molecule has 1 aliphatic rings. The van der Waals surface area contributed by atoms with Crippen molar-refractivity contribution in [2.75, 3.05) is 5.32 Å². The normalized spacial score (nSPS) is 17.1. The van der Waals surface area contributed by atoms with Crippen LogP contribution in [-0.2, 0) is 11.2 Å². The Kier molecular flexibility index (Phi) is 4.09. The lowest BCUT2D eigenvalue weighted by Crippen LogP contribution is -2.35. The van der Waals surface area contributed by atoms with Crippen molar-refractivity contribution >= 4 is 17.6 Å². The summed E-state index contributed by atoms with van der Waals surface area (Å²) in [6, 6.07) is 7.48. The molecule has 2 aromatic rings. The third-order valence-corrected chi connectivity index (χ3v) is 4.35. The van der Waals surface area contributed by atoms with Gasteiger partial charge in [0.1, 0.15) is 11.6 Å². The summed E-state index contributed by atoms with van der Waals surface area (Å²) in [5.74, 6) is 0.759. The van der Waals surface area contributed by atoms with E-state index in [-0.39, 0.29) is 0 Å². The lowest BCUT2D eigenvalue weighted by Gasteiger charge is -2.32. The number of H-pyrrole nitrogens is 1. The van der Waals surface area contributed by atoms with E-state index >= 15 is 0 Å². The van der Waals surface area contributed by atoms with Crippen LogP contribution in [0.5, 0.6) is 0 Å². The number of rotatable bonds is 5. The largest absolute Gasteiger partial charge is 0.481 e. The quantitative estimate of drug-likeness (QED) is 0.789. The number of anilines is 2. The topological polar surface area (TPSA) is 90.9 Å². The fourth-order valence-electron chi connectivity index (χ4n) is 3.15. The number of pyridine rings is 1. The maximum Gasteiger partial charge on any atom is 0.310 e. The maximum absolute atomic E-state index is 11.8. The van der Waals surface area contributed by atoms with Gasteiger partial charge in [0, 0.05) is 18.2 Å². The van der Waals surface area contributed by atoms with Crippen molar-refractivity contribution in [3.05, 3.63) is 36.2 Å². The molecule has 0 radical (unpaired) electrons. The van der Waals surface area contributed by atoms with Crippen molar-refractivity contribution in [2.24, 2.45) is 5.41 Å². The van der Waals surface area contributed by atoms with Gasteiger partial charge >= 0.3 is 5.97 Å². The van der Waals surface area contributed by atoms with E-state index in [0.29, 0.717) is 12.2 Å². The van der Waals surface area contributed by atoms with Gasteiger partial charge in [-0.15, -0.1) is 0 Å². The van der Waals surface area contributed by atoms with E-state index in [1.165, 1.54) is 0 Å². The zero-order valence-electron chi connectivity index (χ0n) is 12.4. The summed E-state index contributed by atoms with van der Waals surface area (Å²) >= 11 is 0. The molecular formula is C16H20N4O2. The highest BCUT2D eigenvalue weighted by molar-refractivity contribution is 5.75. The molecule has 0 saturated heterocycles. The van der Waals surface area contributed by atoms with E-state index in [2.05, 4.69) is 20.5 Å². The molecule has 2 aromatic heterocycles. The molecule has 0 aromatic carbocycles. The van der Waals surface area contributed by atoms with Gasteiger partial charge in [0.25, 0.3) is 0 Å². The lowest BCUT2D eigenvalue weighted by atomic mass is 9.71. The molecule has 0 unspecified atom stereocenters. The minimum atomic E-state index is -0.694. The third kappa shape index (κ3) is 3.10. The van der Waals surface area contributed by atoms with Crippen LogP contribution in [0.25, 0.3) is 0 Å². The van der Waals surface area contributed by atoms with Crippen LogP contribution < -0.4 is 5.32 Å². The molecule has 3 N–H and O–H groups in total. The van der Waals surface area contributed by atoms with Gasteiger partial charge in [-0.1, -0.05) is 25.3 Å². The SMILES string of the molecule is O=C(O)C1(Cc2cccc(Nc3ccn[nH]3)n2)CCCCC1. The lowest BCUT2D eigenvalue weighted by molar-refractivity contribution is -0.151. The van der Waals surface area contributed by atoms with Gasteiger partial charge in [-0.3, -0.25) is 9.89 Å². The van der Waals surface area contributed by atoms with E-state index < -0.39 is 11.4 Å². The zero-order chi connectivity index (χ0) is 15.4. The van der Waals surface area contributed by atoms with Crippen LogP contribution in [-0.4, -0.2) is 26.3 Å². The van der Waals surface area contributed by atoms with Crippen LogP contribution in [0, 0.1) is 5.41 Å². The average molecular weight is 300 g/mol. The molecule has 2 heterocycles. The Hall–Kier alpha value is -2.37. The number of carboxylic acid groups (broad SMARTS) is 1. The monoisotopic (exact) mass is 300 g/mol. The molecule has 22 heavy (non-hydrogen) atoms. The summed E-state index contributed by atoms with van der Waals surface area (Å²) in [7, 11) is 0. The molecular weight excluding hydrogens is 280 g/mol. The fraction of sp³-hybridized carbons (Fsp3) is 0.438. The second-order valence-electron chi connectivity index (χ2n) is 5.93. The number of carbonyl (C=O) groups is 1. The van der Waals surface area contributed by atoms with Gasteiger partial charge in [0.2, 0.25) is 0 Å². The highest BCUT2D eigenvalue weighted by atomic mass is 16.4. The smallest absolute Gasteiger partial charge is 0.310 e. The third-order valence-electron chi connectivity index (χ3n) is 4.35. The van der Waals surface area contributed by atoms with Crippen molar-refractivity contribution in [1.82, 2.24) is 15.2 Å². The molecule has 6 heteroatoms. The Balaban J connectivity index is 1.78. The van der Waals surface area contributed by atoms with Crippen LogP contribution in [0.1, 0.15) is 37.8 Å². The van der Waals surface area contributed by atoms with Crippen molar-refractivity contribution in [1.29, 1.82) is 0 Å². The molecule has 3 rings (SSSR count). The Labute approximate surface area is 129 Å². The highest BCUT2D eigenvalue weighted by Gasteiger charge is 2.39. The number of hydrogen-bond acceptors (Lipinski definition) is 4.